The molecule has 0 aliphatic carbocycles. The van der Waals surface area contributed by atoms with Gasteiger partial charge in [-0.2, -0.15) is 0 Å². The van der Waals surface area contributed by atoms with Crippen LogP contribution in [0.25, 0.3) is 0 Å². The quantitative estimate of drug-likeness (QED) is 0.468. The highest BCUT2D eigenvalue weighted by molar-refractivity contribution is 5.79. The summed E-state index contributed by atoms with van der Waals surface area (Å²) in [5.41, 5.74) is -0.0384. The Bertz CT molecular complexity index is 516. The molecule has 6 nitrogen and oxygen atoms in total. The van der Waals surface area contributed by atoms with Gasteiger partial charge in [0.25, 0.3) is 0 Å². The number of para-hydroxylation sites is 1. The van der Waals surface area contributed by atoms with E-state index >= 15 is 0 Å². The zero-order chi connectivity index (χ0) is 18.0. The first-order valence-corrected chi connectivity index (χ1v) is 9.10. The van der Waals surface area contributed by atoms with Crippen molar-refractivity contribution in [3.63, 3.8) is 0 Å². The van der Waals surface area contributed by atoms with Crippen LogP contribution in [-0.4, -0.2) is 56.6 Å². The largest absolute Gasteiger partial charge is 0.489 e. The summed E-state index contributed by atoms with van der Waals surface area (Å²) < 4.78 is 11.4. The van der Waals surface area contributed by atoms with Crippen LogP contribution in [0.5, 0.6) is 5.75 Å². The number of nitrogens with zero attached hydrogens (tertiary/aromatic N) is 1. The summed E-state index contributed by atoms with van der Waals surface area (Å²) in [5.74, 6) is 1.64. The molecule has 1 aromatic rings. The van der Waals surface area contributed by atoms with Crippen LogP contribution in [0.4, 0.5) is 0 Å². The number of benzene rings is 1. The van der Waals surface area contributed by atoms with Crippen LogP contribution in [-0.2, 0) is 4.74 Å². The van der Waals surface area contributed by atoms with Gasteiger partial charge in [0, 0.05) is 25.2 Å². The molecule has 6 heteroatoms. The van der Waals surface area contributed by atoms with E-state index in [9.17, 15) is 5.11 Å². The van der Waals surface area contributed by atoms with Crippen molar-refractivity contribution in [2.45, 2.75) is 32.8 Å². The van der Waals surface area contributed by atoms with E-state index in [4.69, 9.17) is 14.5 Å². The average Bonchev–Trinajstić information content (AvgIpc) is 3.07. The first-order valence-electron chi connectivity index (χ1n) is 9.10. The lowest BCUT2D eigenvalue weighted by molar-refractivity contribution is 0.131. The normalized spacial score (nSPS) is 21.8. The van der Waals surface area contributed by atoms with Crippen molar-refractivity contribution < 1.29 is 14.6 Å². The molecule has 0 bridgehead atoms. The van der Waals surface area contributed by atoms with Crippen molar-refractivity contribution in [2.75, 3.05) is 39.5 Å². The standard InChI is InChI=1S/C19H31N3O3/c1-3-20-18(22-14-19(9-11-23)10-12-24-15-19)21-13-16(2)25-17-7-5-4-6-8-17/h4-8,16,23H,3,9-15H2,1-2H3,(H2,20,21,22). The fraction of sp³-hybridized carbons (Fsp3) is 0.632. The number of hydrogen-bond donors (Lipinski definition) is 3. The van der Waals surface area contributed by atoms with E-state index in [2.05, 4.69) is 10.6 Å². The summed E-state index contributed by atoms with van der Waals surface area (Å²) in [6.45, 7) is 7.77. The molecule has 2 atom stereocenters. The summed E-state index contributed by atoms with van der Waals surface area (Å²) in [6, 6.07) is 9.81. The number of aliphatic hydroxyl groups is 1. The number of aliphatic hydroxyl groups excluding tert-OH is 1. The summed E-state index contributed by atoms with van der Waals surface area (Å²) in [7, 11) is 0. The maximum atomic E-state index is 9.32. The Morgan fingerprint density at radius 1 is 1.36 bits per heavy atom. The summed E-state index contributed by atoms with van der Waals surface area (Å²) in [5, 5.41) is 15.9. The Balaban J connectivity index is 1.86. The highest BCUT2D eigenvalue weighted by atomic mass is 16.5. The highest BCUT2D eigenvalue weighted by Gasteiger charge is 2.34. The molecule has 0 radical (unpaired) electrons. The van der Waals surface area contributed by atoms with Crippen molar-refractivity contribution >= 4 is 5.96 Å². The third-order valence-corrected chi connectivity index (χ3v) is 4.38. The summed E-state index contributed by atoms with van der Waals surface area (Å²) in [4.78, 5) is 4.71. The maximum absolute atomic E-state index is 9.32. The number of rotatable bonds is 9. The lowest BCUT2D eigenvalue weighted by Gasteiger charge is -2.25. The fourth-order valence-electron chi connectivity index (χ4n) is 2.89. The van der Waals surface area contributed by atoms with E-state index in [0.717, 1.165) is 37.7 Å². The summed E-state index contributed by atoms with van der Waals surface area (Å²) in [6.07, 6.45) is 1.69. The van der Waals surface area contributed by atoms with E-state index in [1.165, 1.54) is 0 Å². The lowest BCUT2D eigenvalue weighted by atomic mass is 9.84. The molecule has 2 unspecified atom stereocenters. The van der Waals surface area contributed by atoms with Crippen molar-refractivity contribution in [1.82, 2.24) is 10.6 Å². The van der Waals surface area contributed by atoms with Crippen LogP contribution in [0, 0.1) is 5.41 Å². The molecule has 0 amide bonds. The van der Waals surface area contributed by atoms with E-state index in [0.29, 0.717) is 19.7 Å². The molecule has 0 saturated carbocycles. The SMILES string of the molecule is CCNC(=NCC1(CCO)CCOC1)NCC(C)Oc1ccccc1. The minimum Gasteiger partial charge on any atom is -0.489 e. The van der Waals surface area contributed by atoms with Gasteiger partial charge in [0.05, 0.1) is 19.7 Å². The molecule has 1 aromatic carbocycles. The minimum absolute atomic E-state index is 0.0208. The number of ether oxygens (including phenoxy) is 2. The maximum Gasteiger partial charge on any atom is 0.191 e. The van der Waals surface area contributed by atoms with Gasteiger partial charge in [-0.3, -0.25) is 4.99 Å². The predicted octanol–water partition coefficient (Wildman–Crippen LogP) is 1.80. The smallest absolute Gasteiger partial charge is 0.191 e. The van der Waals surface area contributed by atoms with Crippen molar-refractivity contribution in [3.8, 4) is 5.75 Å². The molecule has 0 aromatic heterocycles. The molecular formula is C19H31N3O3. The van der Waals surface area contributed by atoms with Gasteiger partial charge in [-0.25, -0.2) is 0 Å². The Hall–Kier alpha value is -1.79. The lowest BCUT2D eigenvalue weighted by Crippen LogP contribution is -2.42. The van der Waals surface area contributed by atoms with Crippen LogP contribution >= 0.6 is 0 Å². The monoisotopic (exact) mass is 349 g/mol. The fourth-order valence-corrected chi connectivity index (χ4v) is 2.89. The molecule has 0 spiro atoms. The van der Waals surface area contributed by atoms with Gasteiger partial charge in [-0.1, -0.05) is 18.2 Å². The molecule has 1 aliphatic rings. The Kier molecular flexibility index (Phi) is 8.01. The first-order chi connectivity index (χ1) is 12.2. The minimum atomic E-state index is -0.0384. The average molecular weight is 349 g/mol. The van der Waals surface area contributed by atoms with Gasteiger partial charge in [0.15, 0.2) is 5.96 Å². The van der Waals surface area contributed by atoms with E-state index in [1.54, 1.807) is 0 Å². The van der Waals surface area contributed by atoms with Gasteiger partial charge in [-0.15, -0.1) is 0 Å². The molecule has 2 rings (SSSR count). The van der Waals surface area contributed by atoms with Crippen molar-refractivity contribution in [3.05, 3.63) is 30.3 Å². The number of aliphatic imine (C=N–C) groups is 1. The predicted molar refractivity (Wildman–Crippen MR) is 100 cm³/mol. The molecule has 1 heterocycles. The molecule has 1 saturated heterocycles. The topological polar surface area (TPSA) is 75.1 Å². The Labute approximate surface area is 150 Å². The van der Waals surface area contributed by atoms with Gasteiger partial charge < -0.3 is 25.2 Å². The van der Waals surface area contributed by atoms with Crippen LogP contribution < -0.4 is 15.4 Å². The number of hydrogen-bond acceptors (Lipinski definition) is 4. The van der Waals surface area contributed by atoms with Crippen LogP contribution in [0.3, 0.4) is 0 Å². The Morgan fingerprint density at radius 2 is 2.16 bits per heavy atom. The molecule has 3 N–H and O–H groups in total. The zero-order valence-corrected chi connectivity index (χ0v) is 15.3. The second-order valence-corrected chi connectivity index (χ2v) is 6.59. The van der Waals surface area contributed by atoms with Crippen LogP contribution in [0.2, 0.25) is 0 Å². The molecule has 1 fully saturated rings. The van der Waals surface area contributed by atoms with Crippen molar-refractivity contribution in [1.29, 1.82) is 0 Å². The van der Waals surface area contributed by atoms with Crippen molar-refractivity contribution in [2.24, 2.45) is 10.4 Å². The van der Waals surface area contributed by atoms with Crippen LogP contribution in [0.1, 0.15) is 26.7 Å². The van der Waals surface area contributed by atoms with Gasteiger partial charge in [0.2, 0.25) is 0 Å². The molecule has 140 valence electrons. The second kappa shape index (κ2) is 10.3. The first kappa shape index (κ1) is 19.5. The highest BCUT2D eigenvalue weighted by Crippen LogP contribution is 2.32. The number of guanidine groups is 1. The van der Waals surface area contributed by atoms with E-state index < -0.39 is 0 Å². The van der Waals surface area contributed by atoms with Gasteiger partial charge in [0.1, 0.15) is 11.9 Å². The summed E-state index contributed by atoms with van der Waals surface area (Å²) >= 11 is 0. The molecule has 25 heavy (non-hydrogen) atoms. The number of nitrogens with one attached hydrogen (secondary N) is 2. The third kappa shape index (κ3) is 6.55. The third-order valence-electron chi connectivity index (χ3n) is 4.38. The molecular weight excluding hydrogens is 318 g/mol. The second-order valence-electron chi connectivity index (χ2n) is 6.59. The van der Waals surface area contributed by atoms with Gasteiger partial charge >= 0.3 is 0 Å². The van der Waals surface area contributed by atoms with Gasteiger partial charge in [-0.05, 0) is 38.8 Å². The van der Waals surface area contributed by atoms with Crippen LogP contribution in [0.15, 0.2) is 35.3 Å². The van der Waals surface area contributed by atoms with E-state index in [-0.39, 0.29) is 18.1 Å². The zero-order valence-electron chi connectivity index (χ0n) is 15.3. The molecule has 1 aliphatic heterocycles. The Morgan fingerprint density at radius 3 is 2.80 bits per heavy atom. The van der Waals surface area contributed by atoms with E-state index in [1.807, 2.05) is 44.2 Å².